The molecule has 5 aliphatic rings. The number of piperazine rings is 1. The van der Waals surface area contributed by atoms with E-state index < -0.39 is 36.3 Å². The number of benzene rings is 2. The van der Waals surface area contributed by atoms with Crippen LogP contribution in [0.3, 0.4) is 0 Å². The van der Waals surface area contributed by atoms with E-state index in [1.54, 1.807) is 37.7 Å². The molecule has 366 valence electrons. The standard InChI is InChI=1S/C51H76N10O6/c1-7-15-41(57-47(63)33(4)53-6)51(67)61-27-14-25-45(61)49(65)56-40-21-10-19-37-35(40)17-12-23-43(37)59-30-28-58(29-31-59)42-22-11-16-34-36(42)18-9-20-39(34)55-48(64)44-24-13-26-60(44)50(66)38(8-2)54-46(62)32(3)52-5/h11-12,16-17,22-23,32-33,38-41,44-45,52-53H,7-10,13-15,18-21,24-31H2,1-6H3,(H,54,62)(H,55,64)(H,56,65)(H,57,63)/t32-,33-,38-,39+,40+,41-,44-,45-/m0/s1. The first kappa shape index (κ1) is 49.7. The number of hydrogen-bond donors (Lipinski definition) is 6. The van der Waals surface area contributed by atoms with Gasteiger partial charge in [-0.05, 0) is 139 Å². The van der Waals surface area contributed by atoms with Crippen LogP contribution in [0.25, 0.3) is 0 Å². The highest BCUT2D eigenvalue weighted by atomic mass is 16.2. The van der Waals surface area contributed by atoms with Crippen molar-refractivity contribution in [2.24, 2.45) is 0 Å². The number of nitrogens with zero attached hydrogens (tertiary/aromatic N) is 4. The maximum Gasteiger partial charge on any atom is 0.245 e. The van der Waals surface area contributed by atoms with Crippen molar-refractivity contribution in [1.29, 1.82) is 0 Å². The van der Waals surface area contributed by atoms with Crippen LogP contribution >= 0.6 is 0 Å². The molecule has 67 heavy (non-hydrogen) atoms. The van der Waals surface area contributed by atoms with Gasteiger partial charge in [-0.15, -0.1) is 0 Å². The van der Waals surface area contributed by atoms with Gasteiger partial charge < -0.3 is 51.5 Å². The summed E-state index contributed by atoms with van der Waals surface area (Å²) in [6.07, 6.45) is 9.81. The van der Waals surface area contributed by atoms with Crippen LogP contribution in [-0.4, -0.2) is 135 Å². The number of hydrogen-bond acceptors (Lipinski definition) is 10. The number of fused-ring (bicyclic) bond motifs is 2. The molecule has 0 radical (unpaired) electrons. The van der Waals surface area contributed by atoms with Gasteiger partial charge in [0.25, 0.3) is 0 Å². The van der Waals surface area contributed by atoms with E-state index in [1.165, 1.54) is 22.5 Å². The van der Waals surface area contributed by atoms with E-state index >= 15 is 0 Å². The van der Waals surface area contributed by atoms with Gasteiger partial charge in [0.05, 0.1) is 24.2 Å². The molecule has 2 aliphatic carbocycles. The average Bonchev–Trinajstić information content (AvgIpc) is 4.06. The first-order valence-corrected chi connectivity index (χ1v) is 25.3. The Balaban J connectivity index is 0.975. The van der Waals surface area contributed by atoms with Crippen LogP contribution in [0.2, 0.25) is 0 Å². The zero-order valence-corrected chi connectivity index (χ0v) is 40.8. The van der Waals surface area contributed by atoms with Crippen molar-refractivity contribution in [3.05, 3.63) is 58.7 Å². The van der Waals surface area contributed by atoms with E-state index in [0.29, 0.717) is 38.8 Å². The lowest BCUT2D eigenvalue weighted by Gasteiger charge is -2.41. The van der Waals surface area contributed by atoms with Crippen LogP contribution in [0.5, 0.6) is 0 Å². The number of likely N-dealkylation sites (tertiary alicyclic amines) is 2. The van der Waals surface area contributed by atoms with Gasteiger partial charge in [0.2, 0.25) is 35.4 Å². The Hall–Kier alpha value is -5.22. The van der Waals surface area contributed by atoms with Crippen LogP contribution in [0.4, 0.5) is 11.4 Å². The fourth-order valence-electron chi connectivity index (χ4n) is 11.0. The zero-order valence-electron chi connectivity index (χ0n) is 40.8. The summed E-state index contributed by atoms with van der Waals surface area (Å²) in [7, 11) is 3.42. The van der Waals surface area contributed by atoms with Crippen molar-refractivity contribution >= 4 is 46.8 Å². The van der Waals surface area contributed by atoms with E-state index in [2.05, 4.69) is 78.1 Å². The lowest BCUT2D eigenvalue weighted by Crippen LogP contribution is -2.55. The Morgan fingerprint density at radius 3 is 1.43 bits per heavy atom. The summed E-state index contributed by atoms with van der Waals surface area (Å²) in [5.74, 6) is -1.11. The van der Waals surface area contributed by atoms with Gasteiger partial charge in [-0.25, -0.2) is 0 Å². The monoisotopic (exact) mass is 925 g/mol. The molecule has 3 saturated heterocycles. The van der Waals surface area contributed by atoms with E-state index in [1.807, 2.05) is 13.8 Å². The van der Waals surface area contributed by atoms with Crippen molar-refractivity contribution < 1.29 is 28.8 Å². The SMILES string of the molecule is CCC[C@H](NC(=O)[C@H](C)NC)C(=O)N1CCC[C@H]1C(=O)N[C@@H]1CCCc2c1cccc2N1CCN(c2cccc3c2CCC[C@H]3NC(=O)[C@@H]2CCCN2C(=O)[C@H](CC)NC(=O)[C@H](C)NC)CC1. The molecule has 0 spiro atoms. The normalized spacial score (nSPS) is 23.3. The van der Waals surface area contributed by atoms with E-state index in [9.17, 15) is 28.8 Å². The third-order valence-electron chi connectivity index (χ3n) is 15.1. The molecule has 0 saturated carbocycles. The van der Waals surface area contributed by atoms with Gasteiger partial charge in [0, 0.05) is 50.6 Å². The van der Waals surface area contributed by atoms with Crippen molar-refractivity contribution in [3.8, 4) is 0 Å². The van der Waals surface area contributed by atoms with Gasteiger partial charge >= 0.3 is 0 Å². The number of rotatable bonds is 17. The fraction of sp³-hybridized carbons (Fsp3) is 0.647. The van der Waals surface area contributed by atoms with Crippen LogP contribution in [0.15, 0.2) is 36.4 Å². The molecule has 0 unspecified atom stereocenters. The second-order valence-corrected chi connectivity index (χ2v) is 19.3. The molecule has 16 nitrogen and oxygen atoms in total. The van der Waals surface area contributed by atoms with Crippen LogP contribution in [0, 0.1) is 0 Å². The first-order valence-electron chi connectivity index (χ1n) is 25.3. The Morgan fingerprint density at radius 1 is 0.582 bits per heavy atom. The zero-order chi connectivity index (χ0) is 47.8. The van der Waals surface area contributed by atoms with Gasteiger partial charge in [0.1, 0.15) is 24.2 Å². The lowest BCUT2D eigenvalue weighted by atomic mass is 9.85. The number of amides is 6. The van der Waals surface area contributed by atoms with Crippen LogP contribution in [0.1, 0.15) is 133 Å². The fourth-order valence-corrected chi connectivity index (χ4v) is 11.0. The number of carbonyl (C=O) groups is 6. The predicted molar refractivity (Wildman–Crippen MR) is 261 cm³/mol. The van der Waals surface area contributed by atoms with Crippen molar-refractivity contribution in [3.63, 3.8) is 0 Å². The molecule has 7 rings (SSSR count). The molecule has 6 N–H and O–H groups in total. The van der Waals surface area contributed by atoms with Crippen molar-refractivity contribution in [2.45, 2.75) is 160 Å². The summed E-state index contributed by atoms with van der Waals surface area (Å²) in [5, 5.41) is 18.4. The minimum atomic E-state index is -0.681. The van der Waals surface area contributed by atoms with Gasteiger partial charge in [0.15, 0.2) is 0 Å². The summed E-state index contributed by atoms with van der Waals surface area (Å²) in [5.41, 5.74) is 7.31. The van der Waals surface area contributed by atoms with Gasteiger partial charge in [-0.1, -0.05) is 44.5 Å². The summed E-state index contributed by atoms with van der Waals surface area (Å²) in [4.78, 5) is 89.3. The highest BCUT2D eigenvalue weighted by Gasteiger charge is 2.41. The molecule has 2 aromatic carbocycles. The summed E-state index contributed by atoms with van der Waals surface area (Å²) in [6, 6.07) is 9.30. The van der Waals surface area contributed by atoms with Crippen molar-refractivity contribution in [2.75, 3.05) is 63.2 Å². The van der Waals surface area contributed by atoms with Crippen LogP contribution in [-0.2, 0) is 41.6 Å². The molecule has 3 heterocycles. The molecule has 3 aliphatic heterocycles. The Kier molecular flexibility index (Phi) is 16.8. The highest BCUT2D eigenvalue weighted by Crippen LogP contribution is 2.39. The summed E-state index contributed by atoms with van der Waals surface area (Å²) >= 11 is 0. The Bertz CT molecular complexity index is 2110. The Morgan fingerprint density at radius 2 is 1.01 bits per heavy atom. The predicted octanol–water partition coefficient (Wildman–Crippen LogP) is 3.38. The summed E-state index contributed by atoms with van der Waals surface area (Å²) in [6.45, 7) is 11.8. The summed E-state index contributed by atoms with van der Waals surface area (Å²) < 4.78 is 0. The number of likely N-dealkylation sites (N-methyl/N-ethyl adjacent to an activating group) is 2. The topological polar surface area (TPSA) is 188 Å². The number of anilines is 2. The second-order valence-electron chi connectivity index (χ2n) is 19.3. The molecule has 0 bridgehead atoms. The van der Waals surface area contributed by atoms with Gasteiger partial charge in [-0.2, -0.15) is 0 Å². The largest absolute Gasteiger partial charge is 0.368 e. The smallest absolute Gasteiger partial charge is 0.245 e. The number of nitrogens with one attached hydrogen (secondary N) is 6. The maximum atomic E-state index is 14.0. The molecule has 6 amide bonds. The van der Waals surface area contributed by atoms with Crippen molar-refractivity contribution in [1.82, 2.24) is 41.7 Å². The quantitative estimate of drug-likeness (QED) is 0.137. The minimum Gasteiger partial charge on any atom is -0.368 e. The number of carbonyl (C=O) groups excluding carboxylic acids is 6. The average molecular weight is 925 g/mol. The minimum absolute atomic E-state index is 0.126. The molecule has 2 aromatic rings. The lowest BCUT2D eigenvalue weighted by molar-refractivity contribution is -0.142. The molecule has 8 atom stereocenters. The molecular formula is C51H76N10O6. The van der Waals surface area contributed by atoms with E-state index in [-0.39, 0.29) is 47.5 Å². The molecule has 3 fully saturated rings. The first-order chi connectivity index (χ1) is 32.4. The van der Waals surface area contributed by atoms with E-state index in [0.717, 1.165) is 95.1 Å². The molecule has 0 aromatic heterocycles. The third kappa shape index (κ3) is 11.1. The highest BCUT2D eigenvalue weighted by molar-refractivity contribution is 5.94. The maximum absolute atomic E-state index is 14.0. The second kappa shape index (κ2) is 22.7. The van der Waals surface area contributed by atoms with Crippen LogP contribution < -0.4 is 41.7 Å². The molecule has 16 heteroatoms. The third-order valence-corrected chi connectivity index (χ3v) is 15.1. The van der Waals surface area contributed by atoms with E-state index in [4.69, 9.17) is 0 Å². The molecular weight excluding hydrogens is 849 g/mol. The van der Waals surface area contributed by atoms with Gasteiger partial charge in [-0.3, -0.25) is 28.8 Å². The Labute approximate surface area is 397 Å².